The largest absolute Gasteiger partial charge is 0.344 e. The Hall–Kier alpha value is -2.56. The van der Waals surface area contributed by atoms with E-state index in [2.05, 4.69) is 10.4 Å². The van der Waals surface area contributed by atoms with Crippen LogP contribution in [0.15, 0.2) is 36.5 Å². The van der Waals surface area contributed by atoms with Crippen molar-refractivity contribution in [3.63, 3.8) is 0 Å². The lowest BCUT2D eigenvalue weighted by molar-refractivity contribution is 0.0926. The van der Waals surface area contributed by atoms with E-state index < -0.39 is 0 Å². The third-order valence-electron chi connectivity index (χ3n) is 4.75. The normalized spacial score (nSPS) is 17.2. The summed E-state index contributed by atoms with van der Waals surface area (Å²) in [7, 11) is 1.98. The zero-order valence-electron chi connectivity index (χ0n) is 13.4. The first-order valence-electron chi connectivity index (χ1n) is 8.04. The molecule has 1 N–H and O–H groups in total. The number of fused-ring (bicyclic) bond motifs is 2. The minimum Gasteiger partial charge on any atom is -0.344 e. The van der Waals surface area contributed by atoms with Crippen molar-refractivity contribution in [2.24, 2.45) is 7.05 Å². The molecule has 3 aromatic rings. The summed E-state index contributed by atoms with van der Waals surface area (Å²) in [6.45, 7) is 2.02. The minimum absolute atomic E-state index is 0.0303. The quantitative estimate of drug-likeness (QED) is 0.791. The number of carbonyl (C=O) groups excluding carboxylic acids is 1. The van der Waals surface area contributed by atoms with E-state index in [1.807, 2.05) is 59.6 Å². The number of rotatable bonds is 2. The number of aryl methyl sites for hydroxylation is 2. The van der Waals surface area contributed by atoms with Gasteiger partial charge in [-0.2, -0.15) is 5.10 Å². The highest BCUT2D eigenvalue weighted by molar-refractivity contribution is 5.94. The molecule has 4 rings (SSSR count). The Morgan fingerprint density at radius 3 is 3.04 bits per heavy atom. The fraction of sp³-hybridized carbons (Fsp3) is 0.333. The third kappa shape index (κ3) is 2.23. The summed E-state index contributed by atoms with van der Waals surface area (Å²) in [4.78, 5) is 12.8. The molecule has 0 aromatic carbocycles. The molecule has 0 saturated carbocycles. The first-order valence-corrected chi connectivity index (χ1v) is 8.04. The maximum Gasteiger partial charge on any atom is 0.268 e. The molecule has 1 unspecified atom stereocenters. The number of hydrogen-bond acceptors (Lipinski definition) is 2. The Bertz CT molecular complexity index is 890. The van der Waals surface area contributed by atoms with Crippen LogP contribution in [-0.4, -0.2) is 20.1 Å². The Labute approximate surface area is 134 Å². The van der Waals surface area contributed by atoms with Crippen LogP contribution in [0.1, 0.15) is 46.3 Å². The molecule has 5 nitrogen and oxygen atoms in total. The van der Waals surface area contributed by atoms with Crippen molar-refractivity contribution in [2.75, 3.05) is 0 Å². The van der Waals surface area contributed by atoms with Crippen LogP contribution in [0.2, 0.25) is 0 Å². The molecular weight excluding hydrogens is 288 g/mol. The van der Waals surface area contributed by atoms with Crippen LogP contribution >= 0.6 is 0 Å². The maximum atomic E-state index is 12.8. The first kappa shape index (κ1) is 14.1. The van der Waals surface area contributed by atoms with E-state index in [9.17, 15) is 4.79 Å². The summed E-state index contributed by atoms with van der Waals surface area (Å²) in [5.74, 6) is -0.0303. The topological polar surface area (TPSA) is 51.3 Å². The average molecular weight is 308 g/mol. The molecule has 0 fully saturated rings. The van der Waals surface area contributed by atoms with Gasteiger partial charge < -0.3 is 9.72 Å². The van der Waals surface area contributed by atoms with Crippen LogP contribution < -0.4 is 5.32 Å². The standard InChI is InChI=1S/C18H20N4O/c1-12-17-14(7-5-8-15(17)21(2)20-12)19-18(23)16-10-9-13-6-3-4-11-22(13)16/h3-4,6,9-11,14H,5,7-8H2,1-2H3,(H,19,23). The Morgan fingerprint density at radius 1 is 1.30 bits per heavy atom. The SMILES string of the molecule is Cc1nn(C)c2c1C(NC(=O)c1ccc3ccccn13)CCC2. The second kappa shape index (κ2) is 5.26. The number of nitrogens with zero attached hydrogens (tertiary/aromatic N) is 3. The molecule has 0 radical (unpaired) electrons. The number of hydrogen-bond donors (Lipinski definition) is 1. The molecule has 5 heteroatoms. The molecule has 1 atom stereocenters. The summed E-state index contributed by atoms with van der Waals surface area (Å²) >= 11 is 0. The van der Waals surface area contributed by atoms with E-state index >= 15 is 0 Å². The molecule has 3 heterocycles. The van der Waals surface area contributed by atoms with Crippen LogP contribution in [0.3, 0.4) is 0 Å². The van der Waals surface area contributed by atoms with Crippen molar-refractivity contribution in [1.29, 1.82) is 0 Å². The van der Waals surface area contributed by atoms with Gasteiger partial charge in [-0.05, 0) is 50.5 Å². The van der Waals surface area contributed by atoms with Gasteiger partial charge in [0.05, 0.1) is 11.7 Å². The second-order valence-electron chi connectivity index (χ2n) is 6.20. The summed E-state index contributed by atoms with van der Waals surface area (Å²) in [5, 5.41) is 7.73. The Kier molecular flexibility index (Phi) is 3.22. The molecule has 23 heavy (non-hydrogen) atoms. The van der Waals surface area contributed by atoms with Crippen molar-refractivity contribution >= 4 is 11.4 Å². The van der Waals surface area contributed by atoms with Crippen LogP contribution in [0, 0.1) is 6.92 Å². The summed E-state index contributed by atoms with van der Waals surface area (Å²) in [6.07, 6.45) is 5.00. The number of pyridine rings is 1. The summed E-state index contributed by atoms with van der Waals surface area (Å²) < 4.78 is 3.88. The van der Waals surface area contributed by atoms with E-state index in [0.29, 0.717) is 5.69 Å². The molecule has 0 bridgehead atoms. The van der Waals surface area contributed by atoms with E-state index in [-0.39, 0.29) is 11.9 Å². The van der Waals surface area contributed by atoms with Crippen molar-refractivity contribution in [3.05, 3.63) is 59.2 Å². The van der Waals surface area contributed by atoms with E-state index in [1.54, 1.807) is 0 Å². The van der Waals surface area contributed by atoms with Gasteiger partial charge in [-0.15, -0.1) is 0 Å². The van der Waals surface area contributed by atoms with Crippen molar-refractivity contribution in [1.82, 2.24) is 19.5 Å². The Balaban J connectivity index is 1.66. The molecular formula is C18H20N4O. The van der Waals surface area contributed by atoms with Crippen molar-refractivity contribution in [2.45, 2.75) is 32.2 Å². The van der Waals surface area contributed by atoms with Gasteiger partial charge in [0.25, 0.3) is 5.91 Å². The van der Waals surface area contributed by atoms with Crippen LogP contribution in [0.5, 0.6) is 0 Å². The maximum absolute atomic E-state index is 12.8. The molecule has 1 aliphatic rings. The fourth-order valence-corrected chi connectivity index (χ4v) is 3.71. The van der Waals surface area contributed by atoms with Gasteiger partial charge in [-0.25, -0.2) is 0 Å². The second-order valence-corrected chi connectivity index (χ2v) is 6.20. The minimum atomic E-state index is -0.0303. The van der Waals surface area contributed by atoms with E-state index in [4.69, 9.17) is 0 Å². The summed E-state index contributed by atoms with van der Waals surface area (Å²) in [5.41, 5.74) is 5.17. The van der Waals surface area contributed by atoms with Gasteiger partial charge in [0, 0.05) is 30.0 Å². The van der Waals surface area contributed by atoms with Crippen molar-refractivity contribution < 1.29 is 4.79 Å². The van der Waals surface area contributed by atoms with Crippen LogP contribution in [0.4, 0.5) is 0 Å². The molecule has 118 valence electrons. The van der Waals surface area contributed by atoms with Gasteiger partial charge in [0.2, 0.25) is 0 Å². The molecule has 0 aliphatic heterocycles. The fourth-order valence-electron chi connectivity index (χ4n) is 3.71. The molecule has 1 amide bonds. The lowest BCUT2D eigenvalue weighted by atomic mass is 9.91. The number of aromatic nitrogens is 3. The number of carbonyl (C=O) groups is 1. The zero-order chi connectivity index (χ0) is 16.0. The van der Waals surface area contributed by atoms with Gasteiger partial charge in [-0.3, -0.25) is 9.48 Å². The average Bonchev–Trinajstić information content (AvgIpc) is 3.10. The van der Waals surface area contributed by atoms with Gasteiger partial charge in [-0.1, -0.05) is 6.07 Å². The zero-order valence-corrected chi connectivity index (χ0v) is 13.4. The smallest absolute Gasteiger partial charge is 0.268 e. The summed E-state index contributed by atoms with van der Waals surface area (Å²) in [6, 6.07) is 9.81. The van der Waals surface area contributed by atoms with Gasteiger partial charge >= 0.3 is 0 Å². The Morgan fingerprint density at radius 2 is 2.17 bits per heavy atom. The highest BCUT2D eigenvalue weighted by Crippen LogP contribution is 2.32. The molecule has 3 aromatic heterocycles. The number of nitrogens with one attached hydrogen (secondary N) is 1. The lowest BCUT2D eigenvalue weighted by Gasteiger charge is -2.24. The highest BCUT2D eigenvalue weighted by atomic mass is 16.2. The third-order valence-corrected chi connectivity index (χ3v) is 4.75. The van der Waals surface area contributed by atoms with Crippen LogP contribution in [-0.2, 0) is 13.5 Å². The lowest BCUT2D eigenvalue weighted by Crippen LogP contribution is -2.32. The molecule has 1 aliphatic carbocycles. The van der Waals surface area contributed by atoms with E-state index in [1.165, 1.54) is 11.3 Å². The highest BCUT2D eigenvalue weighted by Gasteiger charge is 2.28. The van der Waals surface area contributed by atoms with E-state index in [0.717, 1.165) is 30.5 Å². The number of amides is 1. The molecule has 0 spiro atoms. The van der Waals surface area contributed by atoms with Crippen molar-refractivity contribution in [3.8, 4) is 0 Å². The predicted octanol–water partition coefficient (Wildman–Crippen LogP) is 2.79. The van der Waals surface area contributed by atoms with Crippen LogP contribution in [0.25, 0.3) is 5.52 Å². The monoisotopic (exact) mass is 308 g/mol. The predicted molar refractivity (Wildman–Crippen MR) is 88.5 cm³/mol. The van der Waals surface area contributed by atoms with Gasteiger partial charge in [0.1, 0.15) is 5.69 Å². The van der Waals surface area contributed by atoms with Gasteiger partial charge in [0.15, 0.2) is 0 Å². The first-order chi connectivity index (χ1) is 11.1. The molecule has 0 saturated heterocycles.